The number of hydrogen-bond acceptors (Lipinski definition) is 4. The molecule has 0 atom stereocenters. The number of aromatic nitrogens is 1. The molecule has 3 aromatic rings. The van der Waals surface area contributed by atoms with Gasteiger partial charge >= 0.3 is 0 Å². The lowest BCUT2D eigenvalue weighted by Crippen LogP contribution is -2.18. The number of benzene rings is 2. The van der Waals surface area contributed by atoms with Crippen molar-refractivity contribution in [1.82, 2.24) is 4.98 Å². The van der Waals surface area contributed by atoms with Crippen LogP contribution in [0.15, 0.2) is 42.5 Å². The van der Waals surface area contributed by atoms with Gasteiger partial charge in [0.15, 0.2) is 5.78 Å². The number of carbonyl (C=O) groups is 3. The highest BCUT2D eigenvalue weighted by molar-refractivity contribution is 6.09. The number of hydrogen-bond donors (Lipinski definition) is 3. The van der Waals surface area contributed by atoms with Crippen molar-refractivity contribution in [3.63, 3.8) is 0 Å². The van der Waals surface area contributed by atoms with Crippen LogP contribution in [0.1, 0.15) is 44.8 Å². The van der Waals surface area contributed by atoms with Crippen molar-refractivity contribution in [2.75, 3.05) is 7.11 Å². The first-order chi connectivity index (χ1) is 13.9. The molecule has 0 bridgehead atoms. The van der Waals surface area contributed by atoms with Crippen molar-refractivity contribution in [2.24, 2.45) is 11.5 Å². The number of fused-ring (bicyclic) bond motifs is 1. The van der Waals surface area contributed by atoms with Crippen molar-refractivity contribution in [3.05, 3.63) is 64.8 Å². The van der Waals surface area contributed by atoms with E-state index in [-0.39, 0.29) is 17.8 Å². The van der Waals surface area contributed by atoms with E-state index >= 15 is 0 Å². The van der Waals surface area contributed by atoms with Gasteiger partial charge in [-0.25, -0.2) is 0 Å². The van der Waals surface area contributed by atoms with Crippen LogP contribution in [-0.2, 0) is 17.6 Å². The Bertz CT molecular complexity index is 1080. The maximum Gasteiger partial charge on any atom is 0.251 e. The van der Waals surface area contributed by atoms with Gasteiger partial charge in [-0.05, 0) is 36.6 Å². The molecule has 0 aliphatic carbocycles. The van der Waals surface area contributed by atoms with Crippen LogP contribution in [0.3, 0.4) is 0 Å². The van der Waals surface area contributed by atoms with Crippen molar-refractivity contribution in [2.45, 2.75) is 25.7 Å². The largest absolute Gasteiger partial charge is 0.497 e. The quantitative estimate of drug-likeness (QED) is 0.482. The van der Waals surface area contributed by atoms with Gasteiger partial charge in [0, 0.05) is 28.6 Å². The van der Waals surface area contributed by atoms with Crippen molar-refractivity contribution in [1.29, 1.82) is 0 Å². The molecular formula is C22H23N3O4. The summed E-state index contributed by atoms with van der Waals surface area (Å²) < 4.78 is 5.21. The van der Waals surface area contributed by atoms with Crippen LogP contribution in [0.25, 0.3) is 10.9 Å². The third kappa shape index (κ3) is 4.63. The molecule has 150 valence electrons. The van der Waals surface area contributed by atoms with E-state index in [1.807, 2.05) is 24.3 Å². The Hall–Kier alpha value is -3.61. The Balaban J connectivity index is 1.74. The maximum absolute atomic E-state index is 12.6. The van der Waals surface area contributed by atoms with Gasteiger partial charge in [0.05, 0.1) is 19.1 Å². The molecule has 2 amide bonds. The number of ketones is 1. The molecule has 0 radical (unpaired) electrons. The predicted molar refractivity (Wildman–Crippen MR) is 110 cm³/mol. The third-order valence-electron chi connectivity index (χ3n) is 4.80. The number of primary amides is 2. The number of H-pyrrole nitrogens is 1. The number of amides is 2. The lowest BCUT2D eigenvalue weighted by Gasteiger charge is -2.05. The Morgan fingerprint density at radius 1 is 1.07 bits per heavy atom. The first-order valence-corrected chi connectivity index (χ1v) is 9.28. The summed E-state index contributed by atoms with van der Waals surface area (Å²) in [5.41, 5.74) is 13.5. The Morgan fingerprint density at radius 3 is 2.55 bits per heavy atom. The molecule has 29 heavy (non-hydrogen) atoms. The number of aromatic amines is 1. The van der Waals surface area contributed by atoms with Gasteiger partial charge in [-0.15, -0.1) is 0 Å². The molecule has 7 nitrogen and oxygen atoms in total. The predicted octanol–water partition coefficient (Wildman–Crippen LogP) is 2.51. The van der Waals surface area contributed by atoms with Crippen molar-refractivity contribution in [3.8, 4) is 5.75 Å². The fourth-order valence-electron chi connectivity index (χ4n) is 3.44. The fourth-order valence-corrected chi connectivity index (χ4v) is 3.44. The van der Waals surface area contributed by atoms with Crippen LogP contribution >= 0.6 is 0 Å². The van der Waals surface area contributed by atoms with Crippen LogP contribution in [0.4, 0.5) is 0 Å². The minimum atomic E-state index is -0.648. The average Bonchev–Trinajstić information content (AvgIpc) is 3.04. The zero-order chi connectivity index (χ0) is 21.0. The summed E-state index contributed by atoms with van der Waals surface area (Å²) >= 11 is 0. The second-order valence-corrected chi connectivity index (χ2v) is 6.87. The highest BCUT2D eigenvalue weighted by Gasteiger charge is 2.18. The van der Waals surface area contributed by atoms with E-state index in [9.17, 15) is 14.4 Å². The summed E-state index contributed by atoms with van der Waals surface area (Å²) in [4.78, 5) is 38.7. The SMILES string of the molecule is COc1cccc(CCCC(=O)c2ccc3c(C(N)=O)c(CC(N)=O)[nH]c3c2)c1. The molecule has 0 spiro atoms. The van der Waals surface area contributed by atoms with Gasteiger partial charge in [0.25, 0.3) is 5.91 Å². The van der Waals surface area contributed by atoms with Gasteiger partial charge in [-0.1, -0.05) is 24.3 Å². The summed E-state index contributed by atoms with van der Waals surface area (Å²) in [5.74, 6) is -0.428. The van der Waals surface area contributed by atoms with E-state index in [1.165, 1.54) is 0 Å². The normalized spacial score (nSPS) is 10.8. The summed E-state index contributed by atoms with van der Waals surface area (Å²) in [5, 5.41) is 0.571. The Kier molecular flexibility index (Phi) is 5.97. The lowest BCUT2D eigenvalue weighted by molar-refractivity contribution is -0.117. The number of aryl methyl sites for hydroxylation is 1. The molecule has 2 aromatic carbocycles. The molecule has 0 unspecified atom stereocenters. The number of Topliss-reactive ketones (excluding diaryl/α,β-unsaturated/α-hetero) is 1. The van der Waals surface area contributed by atoms with Crippen LogP contribution in [0.2, 0.25) is 0 Å². The van der Waals surface area contributed by atoms with E-state index < -0.39 is 11.8 Å². The number of nitrogens with one attached hydrogen (secondary N) is 1. The number of nitrogens with two attached hydrogens (primary N) is 2. The monoisotopic (exact) mass is 393 g/mol. The van der Waals surface area contributed by atoms with Crippen LogP contribution in [-0.4, -0.2) is 29.7 Å². The zero-order valence-electron chi connectivity index (χ0n) is 16.2. The summed E-state index contributed by atoms with van der Waals surface area (Å²) in [7, 11) is 1.62. The number of methoxy groups -OCH3 is 1. The topological polar surface area (TPSA) is 128 Å². The molecule has 0 saturated heterocycles. The molecule has 0 aliphatic heterocycles. The van der Waals surface area contributed by atoms with Crippen molar-refractivity contribution < 1.29 is 19.1 Å². The van der Waals surface area contributed by atoms with E-state index in [4.69, 9.17) is 16.2 Å². The van der Waals surface area contributed by atoms with Crippen molar-refractivity contribution >= 4 is 28.5 Å². The van der Waals surface area contributed by atoms with Gasteiger partial charge in [0.1, 0.15) is 5.75 Å². The van der Waals surface area contributed by atoms with Crippen LogP contribution in [0.5, 0.6) is 5.75 Å². The first kappa shape index (κ1) is 20.1. The number of ether oxygens (including phenoxy) is 1. The molecule has 1 heterocycles. The lowest BCUT2D eigenvalue weighted by atomic mass is 10.0. The van der Waals surface area contributed by atoms with Gasteiger partial charge in [-0.2, -0.15) is 0 Å². The Morgan fingerprint density at radius 2 is 1.86 bits per heavy atom. The second-order valence-electron chi connectivity index (χ2n) is 6.87. The van der Waals surface area contributed by atoms with Crippen LogP contribution in [0, 0.1) is 0 Å². The molecule has 3 rings (SSSR count). The van der Waals surface area contributed by atoms with E-state index in [2.05, 4.69) is 4.98 Å². The van der Waals surface area contributed by atoms with E-state index in [1.54, 1.807) is 25.3 Å². The smallest absolute Gasteiger partial charge is 0.251 e. The third-order valence-corrected chi connectivity index (χ3v) is 4.80. The first-order valence-electron chi connectivity index (χ1n) is 9.28. The zero-order valence-corrected chi connectivity index (χ0v) is 16.2. The maximum atomic E-state index is 12.6. The molecule has 5 N–H and O–H groups in total. The van der Waals surface area contributed by atoms with Gasteiger partial charge < -0.3 is 21.2 Å². The van der Waals surface area contributed by atoms with E-state index in [0.717, 1.165) is 17.7 Å². The molecule has 1 aromatic heterocycles. The minimum Gasteiger partial charge on any atom is -0.497 e. The fraction of sp³-hybridized carbons (Fsp3) is 0.227. The molecule has 0 saturated carbocycles. The average molecular weight is 393 g/mol. The summed E-state index contributed by atoms with van der Waals surface area (Å²) in [6, 6.07) is 12.8. The highest BCUT2D eigenvalue weighted by Crippen LogP contribution is 2.25. The summed E-state index contributed by atoms with van der Waals surface area (Å²) in [6.07, 6.45) is 1.73. The minimum absolute atomic E-state index is 0.00136. The van der Waals surface area contributed by atoms with Crippen LogP contribution < -0.4 is 16.2 Å². The molecular weight excluding hydrogens is 370 g/mol. The molecule has 7 heteroatoms. The highest BCUT2D eigenvalue weighted by atomic mass is 16.5. The summed E-state index contributed by atoms with van der Waals surface area (Å²) in [6.45, 7) is 0. The number of carbonyl (C=O) groups excluding carboxylic acids is 3. The molecule has 0 aliphatic rings. The van der Waals surface area contributed by atoms with Gasteiger partial charge in [0.2, 0.25) is 5.91 Å². The number of rotatable bonds is 9. The standard InChI is InChI=1S/C22H23N3O4/c1-29-15-6-2-4-13(10-15)5-3-7-19(26)14-8-9-16-17(11-14)25-18(12-20(23)27)21(16)22(24)28/h2,4,6,8-11,25H,3,5,7,12H2,1H3,(H2,23,27)(H2,24,28). The second kappa shape index (κ2) is 8.60. The molecule has 0 fully saturated rings. The van der Waals surface area contributed by atoms with Gasteiger partial charge in [-0.3, -0.25) is 14.4 Å². The van der Waals surface area contributed by atoms with E-state index in [0.29, 0.717) is 35.0 Å². The Labute approximate surface area is 168 Å².